The molecule has 1 aliphatic heterocycles. The lowest BCUT2D eigenvalue weighted by Gasteiger charge is -2.15. The first-order valence-electron chi connectivity index (χ1n) is 6.14. The van der Waals surface area contributed by atoms with E-state index in [0.717, 1.165) is 19.7 Å². The van der Waals surface area contributed by atoms with Gasteiger partial charge in [0.2, 0.25) is 0 Å². The van der Waals surface area contributed by atoms with Crippen LogP contribution in [0, 0.1) is 12.8 Å². The monoisotopic (exact) mass is 219 g/mol. The molecule has 0 saturated carbocycles. The first-order chi connectivity index (χ1) is 7.77. The highest BCUT2D eigenvalue weighted by Gasteiger charge is 2.23. The van der Waals surface area contributed by atoms with Crippen molar-refractivity contribution in [2.75, 3.05) is 13.2 Å². The maximum absolute atomic E-state index is 5.55. The number of aryl methyl sites for hydroxylation is 1. The number of rotatable bonds is 4. The van der Waals surface area contributed by atoms with Gasteiger partial charge in [0.15, 0.2) is 0 Å². The topological polar surface area (TPSA) is 21.3 Å². The molecule has 0 aliphatic carbocycles. The summed E-state index contributed by atoms with van der Waals surface area (Å²) >= 11 is 0. The molecule has 0 radical (unpaired) electrons. The molecule has 2 nitrogen and oxygen atoms in total. The zero-order valence-corrected chi connectivity index (χ0v) is 10.2. The van der Waals surface area contributed by atoms with E-state index >= 15 is 0 Å². The van der Waals surface area contributed by atoms with Gasteiger partial charge in [-0.25, -0.2) is 0 Å². The summed E-state index contributed by atoms with van der Waals surface area (Å²) in [7, 11) is 0. The molecule has 1 saturated heterocycles. The Morgan fingerprint density at radius 2 is 2.19 bits per heavy atom. The van der Waals surface area contributed by atoms with Crippen LogP contribution in [0.15, 0.2) is 24.3 Å². The van der Waals surface area contributed by atoms with Crippen LogP contribution in [-0.4, -0.2) is 19.3 Å². The fraction of sp³-hybridized carbons (Fsp3) is 0.571. The van der Waals surface area contributed by atoms with Crippen LogP contribution >= 0.6 is 0 Å². The Kier molecular flexibility index (Phi) is 3.97. The van der Waals surface area contributed by atoms with Crippen molar-refractivity contribution in [3.63, 3.8) is 0 Å². The lowest BCUT2D eigenvalue weighted by molar-refractivity contribution is 0.105. The Bertz CT molecular complexity index is 337. The van der Waals surface area contributed by atoms with Crippen LogP contribution < -0.4 is 5.32 Å². The third-order valence-electron chi connectivity index (χ3n) is 3.52. The smallest absolute Gasteiger partial charge is 0.0588 e. The molecule has 1 fully saturated rings. The minimum atomic E-state index is 0.421. The first kappa shape index (κ1) is 11.6. The van der Waals surface area contributed by atoms with Gasteiger partial charge in [-0.15, -0.1) is 0 Å². The van der Waals surface area contributed by atoms with Gasteiger partial charge in [-0.3, -0.25) is 0 Å². The standard InChI is InChI=1S/C14H21NO/c1-11-5-3-4-6-13(11)9-15-10-14-7-8-16-12(14)2/h3-6,12,14-15H,7-10H2,1-2H3. The zero-order chi connectivity index (χ0) is 11.4. The highest BCUT2D eigenvalue weighted by Crippen LogP contribution is 2.19. The van der Waals surface area contributed by atoms with E-state index in [1.165, 1.54) is 17.5 Å². The van der Waals surface area contributed by atoms with Crippen molar-refractivity contribution >= 4 is 0 Å². The van der Waals surface area contributed by atoms with Crippen LogP contribution in [0.3, 0.4) is 0 Å². The van der Waals surface area contributed by atoms with Gasteiger partial charge in [-0.05, 0) is 37.3 Å². The Morgan fingerprint density at radius 3 is 2.88 bits per heavy atom. The molecule has 2 atom stereocenters. The molecule has 0 amide bonds. The van der Waals surface area contributed by atoms with Crippen LogP contribution in [0.2, 0.25) is 0 Å². The number of hydrogen-bond acceptors (Lipinski definition) is 2. The van der Waals surface area contributed by atoms with E-state index in [2.05, 4.69) is 43.4 Å². The molecule has 2 heteroatoms. The minimum Gasteiger partial charge on any atom is -0.378 e. The molecular weight excluding hydrogens is 198 g/mol. The molecule has 1 aliphatic rings. The molecule has 88 valence electrons. The zero-order valence-electron chi connectivity index (χ0n) is 10.2. The van der Waals surface area contributed by atoms with Crippen molar-refractivity contribution < 1.29 is 4.74 Å². The minimum absolute atomic E-state index is 0.421. The van der Waals surface area contributed by atoms with Gasteiger partial charge in [-0.2, -0.15) is 0 Å². The van der Waals surface area contributed by atoms with Crippen LogP contribution in [0.25, 0.3) is 0 Å². The quantitative estimate of drug-likeness (QED) is 0.840. The van der Waals surface area contributed by atoms with Crippen LogP contribution in [-0.2, 0) is 11.3 Å². The van der Waals surface area contributed by atoms with E-state index < -0.39 is 0 Å². The molecule has 0 aromatic heterocycles. The SMILES string of the molecule is Cc1ccccc1CNCC1CCOC1C. The molecule has 1 aromatic rings. The molecule has 16 heavy (non-hydrogen) atoms. The van der Waals surface area contributed by atoms with Gasteiger partial charge in [-0.1, -0.05) is 24.3 Å². The highest BCUT2D eigenvalue weighted by molar-refractivity contribution is 5.25. The summed E-state index contributed by atoms with van der Waals surface area (Å²) in [6.45, 7) is 7.30. The van der Waals surface area contributed by atoms with Gasteiger partial charge in [0, 0.05) is 19.7 Å². The summed E-state index contributed by atoms with van der Waals surface area (Å²) in [6.07, 6.45) is 1.62. The van der Waals surface area contributed by atoms with E-state index in [1.54, 1.807) is 0 Å². The fourth-order valence-corrected chi connectivity index (χ4v) is 2.24. The second-order valence-electron chi connectivity index (χ2n) is 4.68. The first-order valence-corrected chi connectivity index (χ1v) is 6.14. The number of nitrogens with one attached hydrogen (secondary N) is 1. The van der Waals surface area contributed by atoms with Gasteiger partial charge < -0.3 is 10.1 Å². The van der Waals surface area contributed by atoms with E-state index in [9.17, 15) is 0 Å². The third-order valence-corrected chi connectivity index (χ3v) is 3.52. The average Bonchev–Trinajstić information content (AvgIpc) is 2.67. The fourth-order valence-electron chi connectivity index (χ4n) is 2.24. The predicted molar refractivity (Wildman–Crippen MR) is 66.4 cm³/mol. The van der Waals surface area contributed by atoms with Gasteiger partial charge >= 0.3 is 0 Å². The molecule has 1 heterocycles. The van der Waals surface area contributed by atoms with E-state index in [1.807, 2.05) is 0 Å². The Labute approximate surface area is 98.0 Å². The molecular formula is C14H21NO. The average molecular weight is 219 g/mol. The summed E-state index contributed by atoms with van der Waals surface area (Å²) < 4.78 is 5.55. The summed E-state index contributed by atoms with van der Waals surface area (Å²) in [6, 6.07) is 8.55. The molecule has 0 bridgehead atoms. The molecule has 1 N–H and O–H groups in total. The van der Waals surface area contributed by atoms with Crippen molar-refractivity contribution in [3.8, 4) is 0 Å². The van der Waals surface area contributed by atoms with Gasteiger partial charge in [0.25, 0.3) is 0 Å². The number of ether oxygens (including phenoxy) is 1. The second kappa shape index (κ2) is 5.46. The largest absolute Gasteiger partial charge is 0.378 e. The molecule has 2 rings (SSSR count). The normalized spacial score (nSPS) is 24.9. The van der Waals surface area contributed by atoms with Crippen LogP contribution in [0.4, 0.5) is 0 Å². The number of hydrogen-bond donors (Lipinski definition) is 1. The highest BCUT2D eigenvalue weighted by atomic mass is 16.5. The summed E-state index contributed by atoms with van der Waals surface area (Å²) in [5, 5.41) is 3.53. The third kappa shape index (κ3) is 2.83. The van der Waals surface area contributed by atoms with E-state index in [0.29, 0.717) is 12.0 Å². The van der Waals surface area contributed by atoms with Crippen LogP contribution in [0.5, 0.6) is 0 Å². The molecule has 2 unspecified atom stereocenters. The summed E-state index contributed by atoms with van der Waals surface area (Å²) in [5.41, 5.74) is 2.76. The van der Waals surface area contributed by atoms with Crippen LogP contribution in [0.1, 0.15) is 24.5 Å². The molecule has 1 aromatic carbocycles. The maximum Gasteiger partial charge on any atom is 0.0588 e. The second-order valence-corrected chi connectivity index (χ2v) is 4.68. The van der Waals surface area contributed by atoms with Crippen molar-refractivity contribution in [2.45, 2.75) is 32.9 Å². The van der Waals surface area contributed by atoms with Gasteiger partial charge in [0.1, 0.15) is 0 Å². The summed E-state index contributed by atoms with van der Waals surface area (Å²) in [5.74, 6) is 0.684. The Morgan fingerprint density at radius 1 is 1.38 bits per heavy atom. The maximum atomic E-state index is 5.55. The lowest BCUT2D eigenvalue weighted by Crippen LogP contribution is -2.26. The Balaban J connectivity index is 1.78. The molecule has 0 spiro atoms. The summed E-state index contributed by atoms with van der Waals surface area (Å²) in [4.78, 5) is 0. The number of benzene rings is 1. The van der Waals surface area contributed by atoms with Crippen molar-refractivity contribution in [3.05, 3.63) is 35.4 Å². The van der Waals surface area contributed by atoms with Crippen molar-refractivity contribution in [2.24, 2.45) is 5.92 Å². The van der Waals surface area contributed by atoms with E-state index in [4.69, 9.17) is 4.74 Å². The van der Waals surface area contributed by atoms with Gasteiger partial charge in [0.05, 0.1) is 6.10 Å². The van der Waals surface area contributed by atoms with Crippen molar-refractivity contribution in [1.29, 1.82) is 0 Å². The van der Waals surface area contributed by atoms with E-state index in [-0.39, 0.29) is 0 Å². The Hall–Kier alpha value is -0.860. The van der Waals surface area contributed by atoms with Crippen molar-refractivity contribution in [1.82, 2.24) is 5.32 Å². The lowest BCUT2D eigenvalue weighted by atomic mass is 10.0. The predicted octanol–water partition coefficient (Wildman–Crippen LogP) is 2.51.